The third kappa shape index (κ3) is 2.97. The predicted molar refractivity (Wildman–Crippen MR) is 111 cm³/mol. The molecule has 0 fully saturated rings. The highest BCUT2D eigenvalue weighted by Crippen LogP contribution is 2.44. The number of nitro benzene ring substituents is 1. The fraction of sp³-hybridized carbons (Fsp3) is 0.200. The van der Waals surface area contributed by atoms with Gasteiger partial charge in [0.15, 0.2) is 5.78 Å². The third-order valence-corrected chi connectivity index (χ3v) is 5.01. The van der Waals surface area contributed by atoms with Gasteiger partial charge in [-0.05, 0) is 25.1 Å². The lowest BCUT2D eigenvalue weighted by atomic mass is 10.0. The molecule has 0 saturated carbocycles. The standard InChI is InChI=1S/C20H17N3O5.ClH/c1-28-15-5-2-4-13-16(15)18-17(19(13)24)12-7-6-11(23(26)27)10-14(12)20(25)22(18)9-3-8-21;/h2,4-7,10H,3,8-9,21H2,1H3;1H. The van der Waals surface area contributed by atoms with E-state index in [2.05, 4.69) is 0 Å². The van der Waals surface area contributed by atoms with Crippen LogP contribution in [0.1, 0.15) is 22.3 Å². The number of nitrogens with two attached hydrogens (primary N) is 1. The Morgan fingerprint density at radius 3 is 2.55 bits per heavy atom. The van der Waals surface area contributed by atoms with E-state index in [-0.39, 0.29) is 29.3 Å². The maximum Gasteiger partial charge on any atom is 0.270 e. The van der Waals surface area contributed by atoms with Crippen LogP contribution in [0, 0.1) is 10.1 Å². The molecular formula is C20H18ClN3O5. The molecule has 150 valence electrons. The lowest BCUT2D eigenvalue weighted by molar-refractivity contribution is -0.384. The van der Waals surface area contributed by atoms with Crippen molar-refractivity contribution in [1.29, 1.82) is 0 Å². The van der Waals surface area contributed by atoms with Crippen molar-refractivity contribution >= 4 is 34.7 Å². The number of halogens is 1. The van der Waals surface area contributed by atoms with E-state index >= 15 is 0 Å². The molecule has 0 saturated heterocycles. The van der Waals surface area contributed by atoms with Gasteiger partial charge in [0.05, 0.1) is 34.2 Å². The van der Waals surface area contributed by atoms with Crippen LogP contribution in [0.25, 0.3) is 22.0 Å². The molecule has 0 spiro atoms. The molecule has 9 heteroatoms. The molecule has 1 aliphatic carbocycles. The summed E-state index contributed by atoms with van der Waals surface area (Å²) in [4.78, 5) is 37.0. The van der Waals surface area contributed by atoms with E-state index in [9.17, 15) is 19.7 Å². The summed E-state index contributed by atoms with van der Waals surface area (Å²) in [6.45, 7) is 0.655. The molecule has 0 amide bonds. The maximum absolute atomic E-state index is 13.2. The van der Waals surface area contributed by atoms with Gasteiger partial charge in [-0.15, -0.1) is 12.4 Å². The summed E-state index contributed by atoms with van der Waals surface area (Å²) in [6.07, 6.45) is 0.519. The minimum Gasteiger partial charge on any atom is -0.496 e. The molecule has 0 bridgehead atoms. The van der Waals surface area contributed by atoms with Gasteiger partial charge in [0.25, 0.3) is 11.2 Å². The molecule has 2 aromatic carbocycles. The van der Waals surface area contributed by atoms with E-state index in [0.717, 1.165) is 0 Å². The highest BCUT2D eigenvalue weighted by Gasteiger charge is 2.35. The normalized spacial score (nSPS) is 11.7. The highest BCUT2D eigenvalue weighted by molar-refractivity contribution is 6.27. The number of aromatic nitrogens is 1. The fourth-order valence-corrected chi connectivity index (χ4v) is 3.77. The number of fused-ring (bicyclic) bond motifs is 5. The topological polar surface area (TPSA) is 117 Å². The Morgan fingerprint density at radius 1 is 1.14 bits per heavy atom. The van der Waals surface area contributed by atoms with Crippen molar-refractivity contribution in [2.45, 2.75) is 13.0 Å². The Hall–Kier alpha value is -3.23. The molecule has 0 radical (unpaired) electrons. The van der Waals surface area contributed by atoms with Crippen molar-refractivity contribution in [2.75, 3.05) is 13.7 Å². The summed E-state index contributed by atoms with van der Waals surface area (Å²) in [5, 5.41) is 11.7. The van der Waals surface area contributed by atoms with Gasteiger partial charge >= 0.3 is 0 Å². The number of non-ortho nitro benzene ring substituents is 1. The number of ether oxygens (including phenoxy) is 1. The first kappa shape index (κ1) is 20.5. The molecule has 0 unspecified atom stereocenters. The number of ketones is 1. The van der Waals surface area contributed by atoms with E-state index in [1.54, 1.807) is 18.2 Å². The summed E-state index contributed by atoms with van der Waals surface area (Å²) >= 11 is 0. The van der Waals surface area contributed by atoms with Crippen molar-refractivity contribution in [1.82, 2.24) is 4.57 Å². The maximum atomic E-state index is 13.2. The van der Waals surface area contributed by atoms with Crippen LogP contribution in [0.5, 0.6) is 5.75 Å². The summed E-state index contributed by atoms with van der Waals surface area (Å²) in [5.41, 5.74) is 6.90. The largest absolute Gasteiger partial charge is 0.496 e. The number of pyridine rings is 1. The van der Waals surface area contributed by atoms with Crippen LogP contribution in [0.15, 0.2) is 41.2 Å². The first-order valence-corrected chi connectivity index (χ1v) is 8.76. The average Bonchev–Trinajstić information content (AvgIpc) is 3.00. The van der Waals surface area contributed by atoms with E-state index in [1.807, 2.05) is 0 Å². The Balaban J connectivity index is 0.00000240. The number of benzene rings is 2. The van der Waals surface area contributed by atoms with E-state index in [4.69, 9.17) is 10.5 Å². The SMILES string of the molecule is COc1cccc2c1-c1c(c3ccc([N+](=O)[O-])cc3c(=O)n1CCCN)C2=O.Cl. The van der Waals surface area contributed by atoms with Gasteiger partial charge in [0.1, 0.15) is 5.75 Å². The van der Waals surface area contributed by atoms with Crippen molar-refractivity contribution in [3.8, 4) is 17.0 Å². The molecule has 1 aromatic heterocycles. The zero-order chi connectivity index (χ0) is 20.0. The number of carbonyl (C=O) groups excluding carboxylic acids is 1. The summed E-state index contributed by atoms with van der Waals surface area (Å²) in [7, 11) is 1.50. The molecular weight excluding hydrogens is 398 g/mol. The predicted octanol–water partition coefficient (Wildman–Crippen LogP) is 2.90. The van der Waals surface area contributed by atoms with Crippen LogP contribution in [-0.2, 0) is 6.54 Å². The Labute approximate surface area is 171 Å². The van der Waals surface area contributed by atoms with Crippen molar-refractivity contribution in [2.24, 2.45) is 5.73 Å². The van der Waals surface area contributed by atoms with Crippen LogP contribution in [-0.4, -0.2) is 28.9 Å². The van der Waals surface area contributed by atoms with Crippen LogP contribution in [0.2, 0.25) is 0 Å². The first-order chi connectivity index (χ1) is 13.5. The number of nitro groups is 1. The van der Waals surface area contributed by atoms with Gasteiger partial charge in [-0.25, -0.2) is 0 Å². The summed E-state index contributed by atoms with van der Waals surface area (Å²) in [6, 6.07) is 9.15. The second kappa shape index (κ2) is 7.65. The number of carbonyl (C=O) groups is 1. The Bertz CT molecular complexity index is 1220. The second-order valence-corrected chi connectivity index (χ2v) is 6.52. The van der Waals surface area contributed by atoms with Crippen LogP contribution in [0.3, 0.4) is 0 Å². The highest BCUT2D eigenvalue weighted by atomic mass is 35.5. The van der Waals surface area contributed by atoms with Crippen LogP contribution < -0.4 is 16.0 Å². The molecule has 8 nitrogen and oxygen atoms in total. The zero-order valence-electron chi connectivity index (χ0n) is 15.5. The number of rotatable bonds is 5. The molecule has 2 N–H and O–H groups in total. The summed E-state index contributed by atoms with van der Waals surface area (Å²) < 4.78 is 6.93. The smallest absolute Gasteiger partial charge is 0.270 e. The van der Waals surface area contributed by atoms with Gasteiger partial charge in [0, 0.05) is 29.6 Å². The minimum atomic E-state index is -0.560. The van der Waals surface area contributed by atoms with E-state index in [1.165, 1.54) is 29.9 Å². The zero-order valence-corrected chi connectivity index (χ0v) is 16.3. The molecule has 1 heterocycles. The fourth-order valence-electron chi connectivity index (χ4n) is 3.77. The van der Waals surface area contributed by atoms with Gasteiger partial charge in [-0.1, -0.05) is 12.1 Å². The molecule has 4 rings (SSSR count). The Morgan fingerprint density at radius 2 is 1.90 bits per heavy atom. The van der Waals surface area contributed by atoms with Crippen molar-refractivity contribution in [3.63, 3.8) is 0 Å². The van der Waals surface area contributed by atoms with Crippen LogP contribution >= 0.6 is 12.4 Å². The quantitative estimate of drug-likeness (QED) is 0.395. The second-order valence-electron chi connectivity index (χ2n) is 6.52. The summed E-state index contributed by atoms with van der Waals surface area (Å²) in [5.74, 6) is 0.260. The van der Waals surface area contributed by atoms with Crippen LogP contribution in [0.4, 0.5) is 5.69 Å². The van der Waals surface area contributed by atoms with Gasteiger partial charge in [0.2, 0.25) is 0 Å². The average molecular weight is 416 g/mol. The van der Waals surface area contributed by atoms with Gasteiger partial charge in [-0.2, -0.15) is 0 Å². The van der Waals surface area contributed by atoms with E-state index < -0.39 is 10.5 Å². The van der Waals surface area contributed by atoms with Crippen molar-refractivity contribution < 1.29 is 14.5 Å². The lowest BCUT2D eigenvalue weighted by Gasteiger charge is -2.16. The molecule has 0 aliphatic heterocycles. The third-order valence-electron chi connectivity index (χ3n) is 5.01. The first-order valence-electron chi connectivity index (χ1n) is 8.76. The number of hydrogen-bond acceptors (Lipinski definition) is 6. The number of methoxy groups -OCH3 is 1. The lowest BCUT2D eigenvalue weighted by Crippen LogP contribution is -2.24. The number of nitrogens with zero attached hydrogens (tertiary/aromatic N) is 2. The molecule has 1 aliphatic rings. The van der Waals surface area contributed by atoms with Gasteiger partial charge in [-0.3, -0.25) is 19.7 Å². The monoisotopic (exact) mass is 415 g/mol. The molecule has 29 heavy (non-hydrogen) atoms. The van der Waals surface area contributed by atoms with Crippen molar-refractivity contribution in [3.05, 3.63) is 68.0 Å². The van der Waals surface area contributed by atoms with E-state index in [0.29, 0.717) is 53.0 Å². The number of hydrogen-bond donors (Lipinski definition) is 1. The molecule has 3 aromatic rings. The molecule has 0 atom stereocenters. The minimum absolute atomic E-state index is 0. The van der Waals surface area contributed by atoms with Gasteiger partial charge < -0.3 is 15.0 Å². The Kier molecular flexibility index (Phi) is 5.41.